The van der Waals surface area contributed by atoms with Crippen LogP contribution in [0.4, 0.5) is 0 Å². The number of imide groups is 1. The van der Waals surface area contributed by atoms with Gasteiger partial charge in [-0.2, -0.15) is 0 Å². The summed E-state index contributed by atoms with van der Waals surface area (Å²) >= 11 is 3.39. The Morgan fingerprint density at radius 1 is 1.08 bits per heavy atom. The van der Waals surface area contributed by atoms with Crippen LogP contribution in [-0.2, 0) is 11.2 Å². The minimum absolute atomic E-state index is 0.255. The smallest absolute Gasteiger partial charge is 0.262 e. The van der Waals surface area contributed by atoms with Gasteiger partial charge in [0.05, 0.1) is 11.1 Å². The first-order valence-electron chi connectivity index (χ1n) is 7.46. The molecule has 0 radical (unpaired) electrons. The van der Waals surface area contributed by atoms with Gasteiger partial charge in [0.25, 0.3) is 11.8 Å². The van der Waals surface area contributed by atoms with E-state index in [1.807, 2.05) is 24.3 Å². The molecule has 0 spiro atoms. The van der Waals surface area contributed by atoms with Gasteiger partial charge in [-0.25, -0.2) is 0 Å². The molecule has 122 valence electrons. The first-order chi connectivity index (χ1) is 11.5. The predicted octanol–water partition coefficient (Wildman–Crippen LogP) is 2.40. The van der Waals surface area contributed by atoms with Crippen molar-refractivity contribution in [2.75, 3.05) is 7.05 Å². The SMILES string of the molecule is CNC(=O)[C@H](Cc1cccc(Br)c1)N1C(=O)c2ccccc2C1=O. The van der Waals surface area contributed by atoms with E-state index >= 15 is 0 Å². The molecular weight excluding hydrogens is 372 g/mol. The number of carbonyl (C=O) groups is 3. The Labute approximate surface area is 147 Å². The fourth-order valence-electron chi connectivity index (χ4n) is 2.85. The number of likely N-dealkylation sites (N-methyl/N-ethyl adjacent to an activating group) is 1. The second-order valence-corrected chi connectivity index (χ2v) is 6.41. The lowest BCUT2D eigenvalue weighted by Gasteiger charge is -2.25. The van der Waals surface area contributed by atoms with E-state index in [0.29, 0.717) is 11.1 Å². The number of carbonyl (C=O) groups excluding carboxylic acids is 3. The summed E-state index contributed by atoms with van der Waals surface area (Å²) in [7, 11) is 1.49. The maximum Gasteiger partial charge on any atom is 0.262 e. The normalized spacial score (nSPS) is 14.5. The molecule has 1 heterocycles. The van der Waals surface area contributed by atoms with Crippen molar-refractivity contribution in [3.8, 4) is 0 Å². The van der Waals surface area contributed by atoms with Crippen molar-refractivity contribution in [1.29, 1.82) is 0 Å². The molecule has 5 nitrogen and oxygen atoms in total. The van der Waals surface area contributed by atoms with E-state index in [1.165, 1.54) is 7.05 Å². The first kappa shape index (κ1) is 16.4. The zero-order valence-corrected chi connectivity index (χ0v) is 14.5. The highest BCUT2D eigenvalue weighted by Gasteiger charge is 2.42. The molecule has 0 fully saturated rings. The van der Waals surface area contributed by atoms with Gasteiger partial charge in [-0.05, 0) is 29.8 Å². The fourth-order valence-corrected chi connectivity index (χ4v) is 3.29. The molecule has 2 aromatic rings. The van der Waals surface area contributed by atoms with Crippen LogP contribution in [0.1, 0.15) is 26.3 Å². The molecule has 0 aromatic heterocycles. The van der Waals surface area contributed by atoms with E-state index < -0.39 is 17.9 Å². The number of amides is 3. The second-order valence-electron chi connectivity index (χ2n) is 5.49. The van der Waals surface area contributed by atoms with E-state index in [-0.39, 0.29) is 12.3 Å². The molecule has 3 amide bonds. The molecule has 24 heavy (non-hydrogen) atoms. The zero-order chi connectivity index (χ0) is 17.3. The van der Waals surface area contributed by atoms with Gasteiger partial charge in [0, 0.05) is 17.9 Å². The highest BCUT2D eigenvalue weighted by atomic mass is 79.9. The molecule has 0 unspecified atom stereocenters. The van der Waals surface area contributed by atoms with Crippen LogP contribution in [0.5, 0.6) is 0 Å². The summed E-state index contributed by atoms with van der Waals surface area (Å²) in [5, 5.41) is 2.55. The Morgan fingerprint density at radius 3 is 2.25 bits per heavy atom. The van der Waals surface area contributed by atoms with Crippen LogP contribution in [0, 0.1) is 0 Å². The van der Waals surface area contributed by atoms with E-state index in [4.69, 9.17) is 0 Å². The lowest BCUT2D eigenvalue weighted by molar-refractivity contribution is -0.124. The number of nitrogens with one attached hydrogen (secondary N) is 1. The molecule has 0 saturated carbocycles. The zero-order valence-electron chi connectivity index (χ0n) is 13.0. The fraction of sp³-hybridized carbons (Fsp3) is 0.167. The third kappa shape index (κ3) is 2.85. The monoisotopic (exact) mass is 386 g/mol. The Bertz CT molecular complexity index is 800. The molecule has 3 rings (SSSR count). The molecule has 2 aromatic carbocycles. The van der Waals surface area contributed by atoms with Gasteiger partial charge in [-0.1, -0.05) is 40.2 Å². The van der Waals surface area contributed by atoms with Gasteiger partial charge in [0.15, 0.2) is 0 Å². The molecule has 6 heteroatoms. The number of nitrogens with zero attached hydrogens (tertiary/aromatic N) is 1. The Hall–Kier alpha value is -2.47. The lowest BCUT2D eigenvalue weighted by atomic mass is 10.0. The second kappa shape index (κ2) is 6.57. The summed E-state index contributed by atoms with van der Waals surface area (Å²) in [6, 6.07) is 13.2. The van der Waals surface area contributed by atoms with Gasteiger partial charge in [0.1, 0.15) is 6.04 Å². The molecule has 0 saturated heterocycles. The van der Waals surface area contributed by atoms with E-state index in [9.17, 15) is 14.4 Å². The van der Waals surface area contributed by atoms with Gasteiger partial charge in [-0.15, -0.1) is 0 Å². The standard InChI is InChI=1S/C18H15BrN2O3/c1-20-16(22)15(10-11-5-4-6-12(19)9-11)21-17(23)13-7-2-3-8-14(13)18(21)24/h2-9,15H,10H2,1H3,(H,20,22)/t15-/m0/s1. The van der Waals surface area contributed by atoms with Gasteiger partial charge in [0.2, 0.25) is 5.91 Å². The molecule has 0 aliphatic carbocycles. The van der Waals surface area contributed by atoms with E-state index in [1.54, 1.807) is 24.3 Å². The van der Waals surface area contributed by atoms with Crippen molar-refractivity contribution < 1.29 is 14.4 Å². The molecule has 1 atom stereocenters. The number of halogens is 1. The number of fused-ring (bicyclic) bond motifs is 1. The lowest BCUT2D eigenvalue weighted by Crippen LogP contribution is -2.50. The first-order valence-corrected chi connectivity index (χ1v) is 8.25. The van der Waals surface area contributed by atoms with Gasteiger partial charge in [-0.3, -0.25) is 19.3 Å². The minimum atomic E-state index is -0.892. The summed E-state index contributed by atoms with van der Waals surface area (Å²) in [6.07, 6.45) is 0.255. The Balaban J connectivity index is 1.97. The van der Waals surface area contributed by atoms with Crippen molar-refractivity contribution in [2.24, 2.45) is 0 Å². The number of benzene rings is 2. The van der Waals surface area contributed by atoms with E-state index in [0.717, 1.165) is 14.9 Å². The maximum atomic E-state index is 12.6. The number of hydrogen-bond acceptors (Lipinski definition) is 3. The highest BCUT2D eigenvalue weighted by Crippen LogP contribution is 2.26. The average Bonchev–Trinajstić information content (AvgIpc) is 2.84. The van der Waals surface area contributed by atoms with Crippen molar-refractivity contribution in [2.45, 2.75) is 12.5 Å². The maximum absolute atomic E-state index is 12.6. The highest BCUT2D eigenvalue weighted by molar-refractivity contribution is 9.10. The molecule has 0 bridgehead atoms. The van der Waals surface area contributed by atoms with Crippen molar-refractivity contribution in [3.05, 3.63) is 69.7 Å². The third-order valence-electron chi connectivity index (χ3n) is 4.00. The average molecular weight is 387 g/mol. The number of rotatable bonds is 4. The molecule has 1 aliphatic heterocycles. The Morgan fingerprint density at radius 2 is 1.71 bits per heavy atom. The van der Waals surface area contributed by atoms with Crippen molar-refractivity contribution >= 4 is 33.7 Å². The number of hydrogen-bond donors (Lipinski definition) is 1. The summed E-state index contributed by atoms with van der Waals surface area (Å²) in [5.41, 5.74) is 1.53. The van der Waals surface area contributed by atoms with Crippen LogP contribution >= 0.6 is 15.9 Å². The van der Waals surface area contributed by atoms with Crippen LogP contribution < -0.4 is 5.32 Å². The molecule has 1 aliphatic rings. The summed E-state index contributed by atoms with van der Waals surface area (Å²) < 4.78 is 0.873. The quantitative estimate of drug-likeness (QED) is 0.820. The van der Waals surface area contributed by atoms with Crippen molar-refractivity contribution in [1.82, 2.24) is 10.2 Å². The summed E-state index contributed by atoms with van der Waals surface area (Å²) in [5.74, 6) is -1.23. The Kier molecular flexibility index (Phi) is 4.49. The van der Waals surface area contributed by atoms with Crippen LogP contribution in [0.2, 0.25) is 0 Å². The molecule has 1 N–H and O–H groups in total. The van der Waals surface area contributed by atoms with Gasteiger partial charge < -0.3 is 5.32 Å². The van der Waals surface area contributed by atoms with Crippen LogP contribution in [-0.4, -0.2) is 35.7 Å². The van der Waals surface area contributed by atoms with Crippen LogP contribution in [0.25, 0.3) is 0 Å². The largest absolute Gasteiger partial charge is 0.357 e. The summed E-state index contributed by atoms with van der Waals surface area (Å²) in [4.78, 5) is 38.7. The van der Waals surface area contributed by atoms with Crippen LogP contribution in [0.15, 0.2) is 53.0 Å². The predicted molar refractivity (Wildman–Crippen MR) is 92.6 cm³/mol. The van der Waals surface area contributed by atoms with Gasteiger partial charge >= 0.3 is 0 Å². The topological polar surface area (TPSA) is 66.5 Å². The van der Waals surface area contributed by atoms with Crippen molar-refractivity contribution in [3.63, 3.8) is 0 Å². The molecular formula is C18H15BrN2O3. The third-order valence-corrected chi connectivity index (χ3v) is 4.50. The van der Waals surface area contributed by atoms with E-state index in [2.05, 4.69) is 21.2 Å². The summed E-state index contributed by atoms with van der Waals surface area (Å²) in [6.45, 7) is 0. The van der Waals surface area contributed by atoms with Crippen LogP contribution in [0.3, 0.4) is 0 Å². The minimum Gasteiger partial charge on any atom is -0.357 e.